The van der Waals surface area contributed by atoms with Gasteiger partial charge in [0, 0.05) is 28.7 Å². The number of aromatic nitrogens is 1. The average Bonchev–Trinajstić information content (AvgIpc) is 3.49. The molecule has 0 radical (unpaired) electrons. The summed E-state index contributed by atoms with van der Waals surface area (Å²) in [6.07, 6.45) is 1.76. The molecule has 0 aliphatic carbocycles. The van der Waals surface area contributed by atoms with Crippen molar-refractivity contribution in [2.45, 2.75) is 29.0 Å². The second-order valence-corrected chi connectivity index (χ2v) is 10.2. The Morgan fingerprint density at radius 2 is 1.97 bits per heavy atom. The number of hydrogen-bond acceptors (Lipinski definition) is 6. The van der Waals surface area contributed by atoms with Crippen LogP contribution in [0.5, 0.6) is 5.75 Å². The molecule has 37 heavy (non-hydrogen) atoms. The molecule has 1 amide bonds. The fraction of sp³-hybridized carbons (Fsp3) is 0.148. The van der Waals surface area contributed by atoms with Crippen molar-refractivity contribution in [3.8, 4) is 5.75 Å². The van der Waals surface area contributed by atoms with E-state index in [1.165, 1.54) is 18.7 Å². The van der Waals surface area contributed by atoms with Gasteiger partial charge in [-0.2, -0.15) is 0 Å². The van der Waals surface area contributed by atoms with Crippen molar-refractivity contribution in [2.24, 2.45) is 0 Å². The van der Waals surface area contributed by atoms with E-state index in [4.69, 9.17) is 33.0 Å². The van der Waals surface area contributed by atoms with Crippen LogP contribution in [0.1, 0.15) is 30.5 Å². The molecule has 1 fully saturated rings. The summed E-state index contributed by atoms with van der Waals surface area (Å²) in [4.78, 5) is 19.4. The predicted octanol–water partition coefficient (Wildman–Crippen LogP) is 6.62. The van der Waals surface area contributed by atoms with Crippen LogP contribution in [0.2, 0.25) is 5.02 Å². The zero-order valence-corrected chi connectivity index (χ0v) is 22.4. The zero-order chi connectivity index (χ0) is 25.9. The van der Waals surface area contributed by atoms with Gasteiger partial charge >= 0.3 is 0 Å². The Hall–Kier alpha value is -3.53. The molecule has 1 aliphatic heterocycles. The van der Waals surface area contributed by atoms with E-state index >= 15 is 0 Å². The minimum absolute atomic E-state index is 0.199. The van der Waals surface area contributed by atoms with E-state index in [9.17, 15) is 4.79 Å². The molecule has 4 aromatic rings. The van der Waals surface area contributed by atoms with Crippen LogP contribution >= 0.6 is 35.6 Å². The van der Waals surface area contributed by atoms with E-state index in [-0.39, 0.29) is 18.0 Å². The highest BCUT2D eigenvalue weighted by Gasteiger charge is 2.42. The summed E-state index contributed by atoms with van der Waals surface area (Å²) in [5, 5.41) is 8.19. The van der Waals surface area contributed by atoms with Crippen LogP contribution in [0, 0.1) is 0 Å². The van der Waals surface area contributed by atoms with Crippen LogP contribution in [-0.4, -0.2) is 23.1 Å². The lowest BCUT2D eigenvalue weighted by atomic mass is 10.0. The number of nitrogens with one attached hydrogen (secondary N) is 2. The minimum atomic E-state index is -0.333. The third-order valence-electron chi connectivity index (χ3n) is 5.80. The van der Waals surface area contributed by atoms with Crippen molar-refractivity contribution in [1.29, 1.82) is 0 Å². The number of anilines is 2. The van der Waals surface area contributed by atoms with E-state index in [2.05, 4.69) is 15.6 Å². The summed E-state index contributed by atoms with van der Waals surface area (Å²) in [7, 11) is 1.56. The highest BCUT2D eigenvalue weighted by molar-refractivity contribution is 7.99. The topological polar surface area (TPSA) is 79.6 Å². The van der Waals surface area contributed by atoms with Gasteiger partial charge in [0.15, 0.2) is 10.2 Å². The van der Waals surface area contributed by atoms with Gasteiger partial charge in [-0.3, -0.25) is 9.78 Å². The molecular weight excluding hydrogens is 528 g/mol. The highest BCUT2D eigenvalue weighted by atomic mass is 35.5. The molecule has 0 saturated carbocycles. The number of methoxy groups -OCH3 is 1. The van der Waals surface area contributed by atoms with Gasteiger partial charge in [-0.1, -0.05) is 29.4 Å². The Morgan fingerprint density at radius 3 is 2.68 bits per heavy atom. The first-order valence-corrected chi connectivity index (χ1v) is 13.0. The molecule has 2 aromatic carbocycles. The SMILES string of the molecule is COc1ccc(N2C(=S)NC(c3ccccn3)C2c2ccc(Sc3ccc(Cl)cc3)o2)cc1NC(C)=O. The van der Waals surface area contributed by atoms with Crippen LogP contribution in [0.25, 0.3) is 0 Å². The van der Waals surface area contributed by atoms with Gasteiger partial charge in [-0.15, -0.1) is 0 Å². The molecule has 7 nitrogen and oxygen atoms in total. The first kappa shape index (κ1) is 25.1. The van der Waals surface area contributed by atoms with Gasteiger partial charge in [0.25, 0.3) is 0 Å². The van der Waals surface area contributed by atoms with Crippen molar-refractivity contribution >= 4 is 58.0 Å². The Morgan fingerprint density at radius 1 is 1.16 bits per heavy atom. The third kappa shape index (κ3) is 5.44. The Labute approximate surface area is 229 Å². The van der Waals surface area contributed by atoms with Gasteiger partial charge in [0.2, 0.25) is 5.91 Å². The van der Waals surface area contributed by atoms with Crippen LogP contribution in [0.15, 0.2) is 93.4 Å². The second-order valence-electron chi connectivity index (χ2n) is 8.28. The molecule has 0 spiro atoms. The molecule has 2 N–H and O–H groups in total. The van der Waals surface area contributed by atoms with Crippen molar-refractivity contribution in [2.75, 3.05) is 17.3 Å². The van der Waals surface area contributed by atoms with Gasteiger partial charge in [-0.25, -0.2) is 0 Å². The first-order valence-electron chi connectivity index (χ1n) is 11.4. The lowest BCUT2D eigenvalue weighted by Crippen LogP contribution is -2.29. The summed E-state index contributed by atoms with van der Waals surface area (Å²) in [6, 6.07) is 22.2. The number of carbonyl (C=O) groups is 1. The minimum Gasteiger partial charge on any atom is -0.495 e. The second kappa shape index (κ2) is 10.8. The largest absolute Gasteiger partial charge is 0.495 e. The highest BCUT2D eigenvalue weighted by Crippen LogP contribution is 2.44. The van der Waals surface area contributed by atoms with Crippen molar-refractivity contribution in [3.63, 3.8) is 0 Å². The third-order valence-corrected chi connectivity index (χ3v) is 7.29. The monoisotopic (exact) mass is 550 g/mol. The maximum absolute atomic E-state index is 11.8. The maximum Gasteiger partial charge on any atom is 0.221 e. The number of hydrogen-bond donors (Lipinski definition) is 2. The number of benzene rings is 2. The molecule has 2 aromatic heterocycles. The van der Waals surface area contributed by atoms with E-state index in [0.717, 1.165) is 27.1 Å². The Kier molecular flexibility index (Phi) is 7.36. The van der Waals surface area contributed by atoms with Crippen molar-refractivity contribution in [1.82, 2.24) is 10.3 Å². The number of furan rings is 1. The number of nitrogens with zero attached hydrogens (tertiary/aromatic N) is 2. The number of rotatable bonds is 7. The average molecular weight is 551 g/mol. The van der Waals surface area contributed by atoms with Crippen molar-refractivity contribution < 1.29 is 13.9 Å². The molecule has 1 aliphatic rings. The molecule has 188 valence electrons. The standard InChI is InChI=1S/C27H23ClN4O3S2/c1-16(33)30-21-15-18(8-11-22(21)34-2)32-26(25(31-27(32)36)20-5-3-4-14-29-20)23-12-13-24(35-23)37-19-9-6-17(28)7-10-19/h3-15,25-26H,1-2H3,(H,30,33)(H,31,36). The Bertz CT molecular complexity index is 1430. The Balaban J connectivity index is 1.54. The quantitative estimate of drug-likeness (QED) is 0.248. The van der Waals surface area contributed by atoms with Gasteiger partial charge in [0.1, 0.15) is 17.6 Å². The number of carbonyl (C=O) groups excluding carboxylic acids is 1. The molecular formula is C27H23ClN4O3S2. The molecule has 2 atom stereocenters. The van der Waals surface area contributed by atoms with E-state index < -0.39 is 0 Å². The molecule has 3 heterocycles. The smallest absolute Gasteiger partial charge is 0.221 e. The number of ether oxygens (including phenoxy) is 1. The summed E-state index contributed by atoms with van der Waals surface area (Å²) < 4.78 is 11.8. The predicted molar refractivity (Wildman–Crippen MR) is 150 cm³/mol. The molecule has 5 rings (SSSR count). The van der Waals surface area contributed by atoms with Gasteiger partial charge in [-0.05, 0) is 78.9 Å². The lowest BCUT2D eigenvalue weighted by molar-refractivity contribution is -0.114. The van der Waals surface area contributed by atoms with Gasteiger partial charge < -0.3 is 24.7 Å². The lowest BCUT2D eigenvalue weighted by Gasteiger charge is -2.27. The molecule has 1 saturated heterocycles. The van der Waals surface area contributed by atoms with Crippen LogP contribution in [0.4, 0.5) is 11.4 Å². The van der Waals surface area contributed by atoms with Crippen LogP contribution < -0.4 is 20.3 Å². The zero-order valence-electron chi connectivity index (χ0n) is 20.0. The van der Waals surface area contributed by atoms with Crippen LogP contribution in [0.3, 0.4) is 0 Å². The molecule has 2 unspecified atom stereocenters. The fourth-order valence-corrected chi connectivity index (χ4v) is 5.47. The number of amides is 1. The summed E-state index contributed by atoms with van der Waals surface area (Å²) in [5.74, 6) is 1.07. The van der Waals surface area contributed by atoms with E-state index in [1.807, 2.05) is 71.6 Å². The molecule has 10 heteroatoms. The first-order chi connectivity index (χ1) is 17.9. The summed E-state index contributed by atoms with van der Waals surface area (Å²) in [5.41, 5.74) is 2.15. The maximum atomic E-state index is 11.8. The molecule has 0 bridgehead atoms. The van der Waals surface area contributed by atoms with Gasteiger partial charge in [0.05, 0.1) is 24.5 Å². The summed E-state index contributed by atoms with van der Waals surface area (Å²) >= 11 is 13.3. The van der Waals surface area contributed by atoms with E-state index in [1.54, 1.807) is 19.4 Å². The normalized spacial score (nSPS) is 16.9. The summed E-state index contributed by atoms with van der Waals surface area (Å²) in [6.45, 7) is 1.46. The number of halogens is 1. The number of pyridine rings is 1. The van der Waals surface area contributed by atoms with E-state index in [0.29, 0.717) is 21.6 Å². The van der Waals surface area contributed by atoms with Crippen LogP contribution in [-0.2, 0) is 4.79 Å². The number of thiocarbonyl (C=S) groups is 1. The fourth-order valence-electron chi connectivity index (χ4n) is 4.22. The van der Waals surface area contributed by atoms with Crippen molar-refractivity contribution in [3.05, 3.63) is 95.5 Å².